The molecule has 0 aromatic rings. The summed E-state index contributed by atoms with van der Waals surface area (Å²) in [6, 6.07) is 0. The van der Waals surface area contributed by atoms with Gasteiger partial charge in [0.1, 0.15) is 0 Å². The third kappa shape index (κ3) is 5.99. The van der Waals surface area contributed by atoms with Gasteiger partial charge in [0.25, 0.3) is 0 Å². The molecule has 1 nitrogen and oxygen atoms in total. The highest BCUT2D eigenvalue weighted by atomic mass is 16.5. The van der Waals surface area contributed by atoms with Crippen molar-refractivity contribution in [1.82, 2.24) is 0 Å². The molecule has 1 rings (SSSR count). The fraction of sp³-hybridized carbons (Fsp3) is 0.786. The highest BCUT2D eigenvalue weighted by molar-refractivity contribution is 4.87. The number of ether oxygens (including phenoxy) is 1. The van der Waals surface area contributed by atoms with Gasteiger partial charge in [0.15, 0.2) is 0 Å². The lowest BCUT2D eigenvalue weighted by Crippen LogP contribution is -2.19. The minimum Gasteiger partial charge on any atom is -0.378 e. The lowest BCUT2D eigenvalue weighted by Gasteiger charge is -2.20. The number of allylic oxidation sites excluding steroid dienone is 1. The van der Waals surface area contributed by atoms with E-state index in [0.29, 0.717) is 12.0 Å². The molecule has 1 heteroatoms. The van der Waals surface area contributed by atoms with Crippen LogP contribution in [0.2, 0.25) is 0 Å². The smallest absolute Gasteiger partial charge is 0.0632 e. The second-order valence-corrected chi connectivity index (χ2v) is 4.72. The van der Waals surface area contributed by atoms with Gasteiger partial charge in [0.2, 0.25) is 0 Å². The summed E-state index contributed by atoms with van der Waals surface area (Å²) in [5.41, 5.74) is 0. The average Bonchev–Trinajstić information content (AvgIpc) is 2.18. The first kappa shape index (κ1) is 12.8. The van der Waals surface area contributed by atoms with Crippen molar-refractivity contribution in [2.24, 2.45) is 5.92 Å². The Morgan fingerprint density at radius 1 is 1.07 bits per heavy atom. The third-order valence-electron chi connectivity index (χ3n) is 2.95. The quantitative estimate of drug-likeness (QED) is 0.590. The highest BCUT2D eigenvalue weighted by Crippen LogP contribution is 2.14. The van der Waals surface area contributed by atoms with Crippen LogP contribution >= 0.6 is 0 Å². The van der Waals surface area contributed by atoms with E-state index >= 15 is 0 Å². The molecule has 1 atom stereocenters. The molecule has 0 N–H and O–H groups in total. The molecule has 0 aliphatic carbocycles. The van der Waals surface area contributed by atoms with Crippen molar-refractivity contribution >= 4 is 0 Å². The van der Waals surface area contributed by atoms with Crippen molar-refractivity contribution in [3.05, 3.63) is 18.6 Å². The number of hydrogen-bond acceptors (Lipinski definition) is 1. The summed E-state index contributed by atoms with van der Waals surface area (Å²) in [4.78, 5) is 0. The fourth-order valence-corrected chi connectivity index (χ4v) is 1.86. The number of rotatable bonds is 1. The van der Waals surface area contributed by atoms with Crippen LogP contribution in [0, 0.1) is 12.3 Å². The van der Waals surface area contributed by atoms with Gasteiger partial charge < -0.3 is 4.74 Å². The van der Waals surface area contributed by atoms with Crippen molar-refractivity contribution in [3.8, 4) is 0 Å². The van der Waals surface area contributed by atoms with Crippen molar-refractivity contribution in [2.75, 3.05) is 6.61 Å². The molecule has 87 valence electrons. The Kier molecular flexibility index (Phi) is 6.74. The van der Waals surface area contributed by atoms with E-state index in [1.807, 2.05) is 0 Å². The standard InChI is InChI=1S/C14H25O/c1-13(2)14-11-9-7-5-3-4-6-8-10-12-15-14/h4,7,9,13-14H,3,5-6,8,10-12H2,1-2H3. The monoisotopic (exact) mass is 209 g/mol. The Bertz CT molecular complexity index is 172. The van der Waals surface area contributed by atoms with Crippen molar-refractivity contribution < 1.29 is 4.74 Å². The molecule has 1 radical (unpaired) electrons. The topological polar surface area (TPSA) is 9.23 Å². The zero-order valence-corrected chi connectivity index (χ0v) is 10.2. The first-order chi connectivity index (χ1) is 7.30. The molecule has 1 heterocycles. The van der Waals surface area contributed by atoms with Gasteiger partial charge >= 0.3 is 0 Å². The van der Waals surface area contributed by atoms with E-state index in [2.05, 4.69) is 32.4 Å². The van der Waals surface area contributed by atoms with Crippen LogP contribution in [0.5, 0.6) is 0 Å². The van der Waals surface area contributed by atoms with Crippen LogP contribution in [-0.4, -0.2) is 12.7 Å². The van der Waals surface area contributed by atoms with Crippen LogP contribution in [0.4, 0.5) is 0 Å². The predicted molar refractivity (Wildman–Crippen MR) is 65.7 cm³/mol. The molecule has 0 spiro atoms. The molecule has 0 saturated carbocycles. The largest absolute Gasteiger partial charge is 0.378 e. The molecule has 1 unspecified atom stereocenters. The van der Waals surface area contributed by atoms with E-state index in [-0.39, 0.29) is 0 Å². The van der Waals surface area contributed by atoms with E-state index in [0.717, 1.165) is 13.0 Å². The van der Waals surface area contributed by atoms with Crippen LogP contribution in [0.3, 0.4) is 0 Å². The zero-order chi connectivity index (χ0) is 10.9. The van der Waals surface area contributed by atoms with Crippen LogP contribution in [-0.2, 0) is 4.74 Å². The summed E-state index contributed by atoms with van der Waals surface area (Å²) in [7, 11) is 0. The van der Waals surface area contributed by atoms with E-state index in [9.17, 15) is 0 Å². The maximum Gasteiger partial charge on any atom is 0.0632 e. The maximum atomic E-state index is 5.91. The van der Waals surface area contributed by atoms with Gasteiger partial charge in [-0.25, -0.2) is 0 Å². The normalized spacial score (nSPS) is 25.9. The summed E-state index contributed by atoms with van der Waals surface area (Å²) in [6.07, 6.45) is 14.7. The zero-order valence-electron chi connectivity index (χ0n) is 10.2. The van der Waals surface area contributed by atoms with Gasteiger partial charge in [0.05, 0.1) is 6.10 Å². The summed E-state index contributed by atoms with van der Waals surface area (Å²) in [5, 5.41) is 0. The molecular formula is C14H25O. The maximum absolute atomic E-state index is 5.91. The van der Waals surface area contributed by atoms with E-state index in [1.165, 1.54) is 32.1 Å². The van der Waals surface area contributed by atoms with Gasteiger partial charge in [-0.1, -0.05) is 38.8 Å². The van der Waals surface area contributed by atoms with E-state index in [1.54, 1.807) is 0 Å². The predicted octanol–water partition coefficient (Wildman–Crippen LogP) is 4.14. The summed E-state index contributed by atoms with van der Waals surface area (Å²) < 4.78 is 5.91. The highest BCUT2D eigenvalue weighted by Gasteiger charge is 2.11. The second-order valence-electron chi connectivity index (χ2n) is 4.72. The van der Waals surface area contributed by atoms with Crippen LogP contribution in [0.25, 0.3) is 0 Å². The minimum absolute atomic E-state index is 0.421. The second kappa shape index (κ2) is 7.92. The molecule has 15 heavy (non-hydrogen) atoms. The molecule has 0 aromatic heterocycles. The van der Waals surface area contributed by atoms with Crippen LogP contribution < -0.4 is 0 Å². The van der Waals surface area contributed by atoms with Gasteiger partial charge in [-0.2, -0.15) is 0 Å². The Morgan fingerprint density at radius 3 is 2.73 bits per heavy atom. The van der Waals surface area contributed by atoms with Gasteiger partial charge in [0, 0.05) is 6.61 Å². The molecule has 1 aliphatic rings. The van der Waals surface area contributed by atoms with Crippen molar-refractivity contribution in [2.45, 2.75) is 58.5 Å². The third-order valence-corrected chi connectivity index (χ3v) is 2.95. The average molecular weight is 209 g/mol. The summed E-state index contributed by atoms with van der Waals surface area (Å²) in [5.74, 6) is 0.629. The first-order valence-electron chi connectivity index (χ1n) is 6.39. The number of hydrogen-bond donors (Lipinski definition) is 0. The SMILES string of the molecule is CC(C)C1CC=CCC[CH]CCCCO1. The Hall–Kier alpha value is -0.300. The van der Waals surface area contributed by atoms with Gasteiger partial charge in [-0.15, -0.1) is 0 Å². The lowest BCUT2D eigenvalue weighted by molar-refractivity contribution is 0.0225. The van der Waals surface area contributed by atoms with Crippen LogP contribution in [0.15, 0.2) is 12.2 Å². The first-order valence-corrected chi connectivity index (χ1v) is 6.39. The summed E-state index contributed by atoms with van der Waals surface area (Å²) >= 11 is 0. The Labute approximate surface area is 94.9 Å². The van der Waals surface area contributed by atoms with Crippen LogP contribution in [0.1, 0.15) is 52.4 Å². The molecule has 1 aliphatic heterocycles. The molecule has 0 bridgehead atoms. The van der Waals surface area contributed by atoms with Gasteiger partial charge in [-0.05, 0) is 38.0 Å². The van der Waals surface area contributed by atoms with Crippen molar-refractivity contribution in [1.29, 1.82) is 0 Å². The molecule has 0 amide bonds. The minimum atomic E-state index is 0.421. The Balaban J connectivity index is 2.36. The molecule has 0 saturated heterocycles. The summed E-state index contributed by atoms with van der Waals surface area (Å²) in [6.45, 7) is 5.43. The molecular weight excluding hydrogens is 184 g/mol. The van der Waals surface area contributed by atoms with Gasteiger partial charge in [-0.3, -0.25) is 0 Å². The van der Waals surface area contributed by atoms with E-state index in [4.69, 9.17) is 4.74 Å². The lowest BCUT2D eigenvalue weighted by atomic mass is 10.0. The molecule has 0 fully saturated rings. The Morgan fingerprint density at radius 2 is 1.93 bits per heavy atom. The van der Waals surface area contributed by atoms with Crippen molar-refractivity contribution in [3.63, 3.8) is 0 Å². The molecule has 0 aromatic carbocycles. The fourth-order valence-electron chi connectivity index (χ4n) is 1.86. The van der Waals surface area contributed by atoms with E-state index < -0.39 is 0 Å².